The third-order valence-corrected chi connectivity index (χ3v) is 4.89. The van der Waals surface area contributed by atoms with Crippen LogP contribution in [0.15, 0.2) is 43.5 Å². The predicted molar refractivity (Wildman–Crippen MR) is 120 cm³/mol. The van der Waals surface area contributed by atoms with Crippen molar-refractivity contribution in [1.29, 1.82) is 0 Å². The van der Waals surface area contributed by atoms with Gasteiger partial charge >= 0.3 is 0 Å². The van der Waals surface area contributed by atoms with Gasteiger partial charge in [0.15, 0.2) is 0 Å². The lowest BCUT2D eigenvalue weighted by Crippen LogP contribution is -2.45. The minimum atomic E-state index is -0.841. The van der Waals surface area contributed by atoms with Gasteiger partial charge in [-0.05, 0) is 25.0 Å². The first-order valence-electron chi connectivity index (χ1n) is 10.9. The first kappa shape index (κ1) is 24.9. The van der Waals surface area contributed by atoms with E-state index < -0.39 is 6.10 Å². The number of ether oxygens (including phenoxy) is 1. The van der Waals surface area contributed by atoms with Crippen molar-refractivity contribution in [3.05, 3.63) is 49.1 Å². The average Bonchev–Trinajstić information content (AvgIpc) is 2.79. The molecule has 1 atom stereocenters. The van der Waals surface area contributed by atoms with Crippen molar-refractivity contribution in [3.8, 4) is 11.8 Å². The molecule has 1 fully saturated rings. The number of nitrogens with zero attached hydrogens (tertiary/aromatic N) is 1. The molecule has 1 saturated heterocycles. The van der Waals surface area contributed by atoms with Gasteiger partial charge in [0.1, 0.15) is 6.10 Å². The smallest absolute Gasteiger partial charge is 0.251 e. The van der Waals surface area contributed by atoms with Gasteiger partial charge in [0.2, 0.25) is 0 Å². The molecular formula is C25H37NO3. The molecule has 1 aromatic carbocycles. The van der Waals surface area contributed by atoms with Gasteiger partial charge in [-0.3, -0.25) is 4.79 Å². The number of amides is 1. The monoisotopic (exact) mass is 399 g/mol. The Balaban J connectivity index is 0.00000204. The van der Waals surface area contributed by atoms with Gasteiger partial charge in [-0.15, -0.1) is 13.2 Å². The van der Waals surface area contributed by atoms with E-state index in [-0.39, 0.29) is 5.91 Å². The number of aliphatic hydroxyl groups excluding tert-OH is 1. The molecule has 0 bridgehead atoms. The van der Waals surface area contributed by atoms with E-state index in [1.807, 2.05) is 30.3 Å². The second-order valence-corrected chi connectivity index (χ2v) is 7.13. The second kappa shape index (κ2) is 16.8. The third-order valence-electron chi connectivity index (χ3n) is 4.89. The van der Waals surface area contributed by atoms with Crippen molar-refractivity contribution in [3.63, 3.8) is 0 Å². The van der Waals surface area contributed by atoms with Crippen LogP contribution in [0.1, 0.15) is 63.4 Å². The zero-order valence-corrected chi connectivity index (χ0v) is 17.8. The average molecular weight is 400 g/mol. The number of hydrogen-bond donors (Lipinski definition) is 1. The minimum Gasteiger partial charge on any atom is -0.383 e. The Hall–Kier alpha value is -2.09. The van der Waals surface area contributed by atoms with Crippen LogP contribution in [0.5, 0.6) is 0 Å². The van der Waals surface area contributed by atoms with Crippen molar-refractivity contribution in [2.75, 3.05) is 26.3 Å². The Bertz CT molecular complexity index is 599. The Morgan fingerprint density at radius 2 is 1.59 bits per heavy atom. The number of morpholine rings is 1. The lowest BCUT2D eigenvalue weighted by Gasteiger charge is -2.28. The molecule has 0 aromatic heterocycles. The molecule has 1 N–H and O–H groups in total. The van der Waals surface area contributed by atoms with E-state index in [0.717, 1.165) is 31.2 Å². The van der Waals surface area contributed by atoms with Gasteiger partial charge in [-0.2, -0.15) is 0 Å². The Labute approximate surface area is 177 Å². The molecular weight excluding hydrogens is 362 g/mol. The van der Waals surface area contributed by atoms with Crippen LogP contribution in [-0.2, 0) is 9.53 Å². The van der Waals surface area contributed by atoms with E-state index in [4.69, 9.17) is 4.74 Å². The largest absolute Gasteiger partial charge is 0.383 e. The van der Waals surface area contributed by atoms with E-state index in [1.165, 1.54) is 25.7 Å². The molecule has 0 spiro atoms. The van der Waals surface area contributed by atoms with Crippen molar-refractivity contribution in [2.24, 2.45) is 0 Å². The van der Waals surface area contributed by atoms with Crippen molar-refractivity contribution >= 4 is 5.91 Å². The molecule has 2 rings (SSSR count). The maximum Gasteiger partial charge on any atom is 0.251 e. The highest BCUT2D eigenvalue weighted by atomic mass is 16.5. The third kappa shape index (κ3) is 11.5. The molecule has 1 heterocycles. The van der Waals surface area contributed by atoms with Crippen LogP contribution in [0.2, 0.25) is 0 Å². The van der Waals surface area contributed by atoms with Crippen LogP contribution in [0.3, 0.4) is 0 Å². The van der Waals surface area contributed by atoms with Crippen LogP contribution in [0, 0.1) is 11.8 Å². The normalized spacial score (nSPS) is 14.2. The number of benzene rings is 1. The fraction of sp³-hybridized carbons (Fsp3) is 0.560. The number of carbonyl (C=O) groups excluding carboxylic acids is 1. The first-order valence-corrected chi connectivity index (χ1v) is 10.9. The fourth-order valence-corrected chi connectivity index (χ4v) is 3.24. The fourth-order valence-electron chi connectivity index (χ4n) is 3.24. The van der Waals surface area contributed by atoms with Crippen LogP contribution >= 0.6 is 0 Å². The van der Waals surface area contributed by atoms with E-state index in [0.29, 0.717) is 32.7 Å². The van der Waals surface area contributed by atoms with Crippen molar-refractivity contribution < 1.29 is 14.6 Å². The molecule has 29 heavy (non-hydrogen) atoms. The summed E-state index contributed by atoms with van der Waals surface area (Å²) in [5, 5.41) is 10.0. The molecule has 1 amide bonds. The summed E-state index contributed by atoms with van der Waals surface area (Å²) in [6, 6.07) is 10.1. The highest BCUT2D eigenvalue weighted by molar-refractivity contribution is 5.80. The topological polar surface area (TPSA) is 49.8 Å². The van der Waals surface area contributed by atoms with Crippen LogP contribution < -0.4 is 0 Å². The summed E-state index contributed by atoms with van der Waals surface area (Å²) in [5.41, 5.74) is 1.09. The van der Waals surface area contributed by atoms with Gasteiger partial charge in [-0.25, -0.2) is 0 Å². The van der Waals surface area contributed by atoms with E-state index in [1.54, 1.807) is 4.90 Å². The summed E-state index contributed by atoms with van der Waals surface area (Å²) >= 11 is 0. The summed E-state index contributed by atoms with van der Waals surface area (Å²) < 4.78 is 5.23. The summed E-state index contributed by atoms with van der Waals surface area (Å²) in [6.45, 7) is 8.36. The van der Waals surface area contributed by atoms with Gasteiger partial charge in [-0.1, -0.05) is 68.6 Å². The summed E-state index contributed by atoms with van der Waals surface area (Å²) in [5.74, 6) is 6.31. The number of rotatable bonds is 10. The zero-order chi connectivity index (χ0) is 21.2. The summed E-state index contributed by atoms with van der Waals surface area (Å²) in [4.78, 5) is 13.8. The lowest BCUT2D eigenvalue weighted by atomic mass is 10.0. The number of aliphatic hydroxyl groups is 1. The van der Waals surface area contributed by atoms with Gasteiger partial charge in [0.25, 0.3) is 5.91 Å². The van der Waals surface area contributed by atoms with E-state index in [2.05, 4.69) is 25.0 Å². The molecule has 160 valence electrons. The predicted octanol–water partition coefficient (Wildman–Crippen LogP) is 4.57. The molecule has 4 nitrogen and oxygen atoms in total. The van der Waals surface area contributed by atoms with E-state index >= 15 is 0 Å². The molecule has 0 aliphatic carbocycles. The van der Waals surface area contributed by atoms with E-state index in [9.17, 15) is 9.90 Å². The van der Waals surface area contributed by atoms with Crippen LogP contribution in [0.4, 0.5) is 0 Å². The Kier molecular flexibility index (Phi) is 14.5. The minimum absolute atomic E-state index is 0.130. The molecule has 0 radical (unpaired) electrons. The van der Waals surface area contributed by atoms with Crippen LogP contribution in [0.25, 0.3) is 0 Å². The molecule has 0 saturated carbocycles. The molecule has 1 unspecified atom stereocenters. The molecule has 4 heteroatoms. The number of hydrogen-bond acceptors (Lipinski definition) is 3. The second-order valence-electron chi connectivity index (χ2n) is 7.13. The van der Waals surface area contributed by atoms with Gasteiger partial charge in [0, 0.05) is 25.1 Å². The number of unbranched alkanes of at least 4 members (excludes halogenated alkanes) is 7. The summed E-state index contributed by atoms with van der Waals surface area (Å²) in [6.07, 6.45) is 8.72. The summed E-state index contributed by atoms with van der Waals surface area (Å²) in [7, 11) is 0. The molecule has 1 aliphatic rings. The highest BCUT2D eigenvalue weighted by Crippen LogP contribution is 2.12. The van der Waals surface area contributed by atoms with Crippen molar-refractivity contribution in [2.45, 2.75) is 63.9 Å². The quantitative estimate of drug-likeness (QED) is 0.356. The van der Waals surface area contributed by atoms with Crippen molar-refractivity contribution in [1.82, 2.24) is 4.90 Å². The lowest BCUT2D eigenvalue weighted by molar-refractivity contribution is -0.144. The van der Waals surface area contributed by atoms with Gasteiger partial charge < -0.3 is 14.7 Å². The standard InChI is InChI=1S/C23H33NO3.C2H4/c25-22(23(26)24-17-19-27-20-18-24)16-12-7-5-3-1-2-4-6-9-13-21-14-10-8-11-15-21;1-2/h8,10-11,14-15,22,25H,1-7,12,16-20H2;1-2H2. The zero-order valence-electron chi connectivity index (χ0n) is 17.8. The Morgan fingerprint density at radius 1 is 1.00 bits per heavy atom. The number of carbonyl (C=O) groups is 1. The Morgan fingerprint density at radius 3 is 2.24 bits per heavy atom. The maximum absolute atomic E-state index is 12.1. The molecule has 1 aromatic rings. The molecule has 1 aliphatic heterocycles. The first-order chi connectivity index (χ1) is 14.3. The maximum atomic E-state index is 12.1. The SMILES string of the molecule is C=C.O=C(C(O)CCCCCCCCCC#Cc1ccccc1)N1CCOCC1. The van der Waals surface area contributed by atoms with Gasteiger partial charge in [0.05, 0.1) is 13.2 Å². The van der Waals surface area contributed by atoms with Crippen LogP contribution in [-0.4, -0.2) is 48.3 Å². The highest BCUT2D eigenvalue weighted by Gasteiger charge is 2.23.